The van der Waals surface area contributed by atoms with Crippen LogP contribution in [-0.4, -0.2) is 28.0 Å². The molecule has 1 amide bonds. The molecule has 1 aliphatic heterocycles. The molecule has 1 fully saturated rings. The standard InChI is InChI=1S/C12H12ClNO3S/c13-9-4-3-7(6-8(9)12(16)17)14-11(15)10-2-1-5-18-10/h3-4,6,10H,1-2,5H2,(H,14,15)(H,16,17). The molecule has 1 atom stereocenters. The van der Waals surface area contributed by atoms with E-state index >= 15 is 0 Å². The zero-order valence-electron chi connectivity index (χ0n) is 9.48. The highest BCUT2D eigenvalue weighted by Gasteiger charge is 2.23. The van der Waals surface area contributed by atoms with Gasteiger partial charge in [0.1, 0.15) is 0 Å². The van der Waals surface area contributed by atoms with Gasteiger partial charge in [0.2, 0.25) is 5.91 Å². The molecule has 6 heteroatoms. The Labute approximate surface area is 114 Å². The minimum absolute atomic E-state index is 0.00598. The second-order valence-corrected chi connectivity index (χ2v) is 5.71. The van der Waals surface area contributed by atoms with E-state index in [0.29, 0.717) is 5.69 Å². The molecule has 4 nitrogen and oxygen atoms in total. The zero-order chi connectivity index (χ0) is 13.1. The van der Waals surface area contributed by atoms with Gasteiger partial charge in [0, 0.05) is 5.69 Å². The Bertz CT molecular complexity index is 486. The van der Waals surface area contributed by atoms with E-state index in [0.717, 1.165) is 18.6 Å². The van der Waals surface area contributed by atoms with Gasteiger partial charge in [-0.1, -0.05) is 11.6 Å². The predicted octanol–water partition coefficient (Wildman–Crippen LogP) is 2.87. The van der Waals surface area contributed by atoms with Crippen LogP contribution < -0.4 is 5.32 Å². The van der Waals surface area contributed by atoms with Gasteiger partial charge in [0.05, 0.1) is 15.8 Å². The van der Waals surface area contributed by atoms with Crippen molar-refractivity contribution in [3.63, 3.8) is 0 Å². The van der Waals surface area contributed by atoms with E-state index in [1.807, 2.05) is 0 Å². The number of benzene rings is 1. The average Bonchev–Trinajstić information content (AvgIpc) is 2.85. The Morgan fingerprint density at radius 2 is 2.22 bits per heavy atom. The number of halogens is 1. The van der Waals surface area contributed by atoms with Crippen LogP contribution in [0.5, 0.6) is 0 Å². The van der Waals surface area contributed by atoms with Crippen molar-refractivity contribution in [3.8, 4) is 0 Å². The van der Waals surface area contributed by atoms with Crippen LogP contribution in [0.1, 0.15) is 23.2 Å². The van der Waals surface area contributed by atoms with Crippen molar-refractivity contribution >= 4 is 40.9 Å². The first-order valence-electron chi connectivity index (χ1n) is 5.53. The lowest BCUT2D eigenvalue weighted by molar-refractivity contribution is -0.115. The highest BCUT2D eigenvalue weighted by atomic mass is 35.5. The summed E-state index contributed by atoms with van der Waals surface area (Å²) < 4.78 is 0. The minimum atomic E-state index is -1.11. The van der Waals surface area contributed by atoms with Crippen LogP contribution in [0, 0.1) is 0 Å². The highest BCUT2D eigenvalue weighted by molar-refractivity contribution is 8.00. The van der Waals surface area contributed by atoms with E-state index in [1.165, 1.54) is 12.1 Å². The summed E-state index contributed by atoms with van der Waals surface area (Å²) in [5, 5.41) is 11.8. The first-order valence-corrected chi connectivity index (χ1v) is 6.96. The van der Waals surface area contributed by atoms with Crippen LogP contribution >= 0.6 is 23.4 Å². The van der Waals surface area contributed by atoms with Crippen molar-refractivity contribution in [2.45, 2.75) is 18.1 Å². The molecule has 1 heterocycles. The molecule has 0 aliphatic carbocycles. The smallest absolute Gasteiger partial charge is 0.337 e. The summed E-state index contributed by atoms with van der Waals surface area (Å²) in [6.07, 6.45) is 1.92. The van der Waals surface area contributed by atoms with E-state index in [2.05, 4.69) is 5.32 Å². The van der Waals surface area contributed by atoms with Crippen molar-refractivity contribution in [2.24, 2.45) is 0 Å². The summed E-state index contributed by atoms with van der Waals surface area (Å²) in [4.78, 5) is 22.8. The number of carbonyl (C=O) groups excluding carboxylic acids is 1. The van der Waals surface area contributed by atoms with Crippen molar-refractivity contribution in [2.75, 3.05) is 11.1 Å². The van der Waals surface area contributed by atoms with E-state index < -0.39 is 5.97 Å². The van der Waals surface area contributed by atoms with Crippen molar-refractivity contribution in [3.05, 3.63) is 28.8 Å². The van der Waals surface area contributed by atoms with Crippen molar-refractivity contribution in [1.82, 2.24) is 0 Å². The molecule has 1 aliphatic rings. The van der Waals surface area contributed by atoms with Gasteiger partial charge in [-0.15, -0.1) is 11.8 Å². The molecule has 0 aromatic heterocycles. The second-order valence-electron chi connectivity index (χ2n) is 3.99. The summed E-state index contributed by atoms with van der Waals surface area (Å²) in [7, 11) is 0. The molecular formula is C12H12ClNO3S. The topological polar surface area (TPSA) is 66.4 Å². The SMILES string of the molecule is O=C(O)c1cc(NC(=O)C2CCCS2)ccc1Cl. The van der Waals surface area contributed by atoms with Gasteiger partial charge in [0.15, 0.2) is 0 Å². The molecule has 1 unspecified atom stereocenters. The van der Waals surface area contributed by atoms with Crippen molar-refractivity contribution in [1.29, 1.82) is 0 Å². The maximum absolute atomic E-state index is 11.9. The predicted molar refractivity (Wildman–Crippen MR) is 72.5 cm³/mol. The van der Waals surface area contributed by atoms with Crippen LogP contribution in [0.4, 0.5) is 5.69 Å². The monoisotopic (exact) mass is 285 g/mol. The Kier molecular flexibility index (Phi) is 4.14. The molecular weight excluding hydrogens is 274 g/mol. The third-order valence-corrected chi connectivity index (χ3v) is 4.39. The first-order chi connectivity index (χ1) is 8.58. The second kappa shape index (κ2) is 5.63. The Morgan fingerprint density at radius 3 is 2.83 bits per heavy atom. The maximum atomic E-state index is 11.9. The fourth-order valence-corrected chi connectivity index (χ4v) is 3.13. The lowest BCUT2D eigenvalue weighted by Crippen LogP contribution is -2.23. The molecule has 18 heavy (non-hydrogen) atoms. The number of carboxylic acid groups (broad SMARTS) is 1. The number of thioether (sulfide) groups is 1. The molecule has 1 saturated heterocycles. The third kappa shape index (κ3) is 2.97. The number of rotatable bonds is 3. The Morgan fingerprint density at radius 1 is 1.44 bits per heavy atom. The largest absolute Gasteiger partial charge is 0.478 e. The van der Waals surface area contributed by atoms with Crippen LogP contribution in [0.3, 0.4) is 0 Å². The number of carboxylic acids is 1. The maximum Gasteiger partial charge on any atom is 0.337 e. The molecule has 0 spiro atoms. The molecule has 96 valence electrons. The van der Waals surface area contributed by atoms with Crippen molar-refractivity contribution < 1.29 is 14.7 Å². The number of aromatic carboxylic acids is 1. The first kappa shape index (κ1) is 13.2. The number of amides is 1. The number of nitrogens with one attached hydrogen (secondary N) is 1. The van der Waals surface area contributed by atoms with Crippen LogP contribution in [-0.2, 0) is 4.79 Å². The molecule has 1 aromatic carbocycles. The van der Waals surface area contributed by atoms with Crippen LogP contribution in [0.15, 0.2) is 18.2 Å². The quantitative estimate of drug-likeness (QED) is 0.896. The van der Waals surface area contributed by atoms with Gasteiger partial charge >= 0.3 is 5.97 Å². The summed E-state index contributed by atoms with van der Waals surface area (Å²) in [5.74, 6) is -0.179. The van der Waals surface area contributed by atoms with Gasteiger partial charge in [-0.3, -0.25) is 4.79 Å². The molecule has 1 aromatic rings. The number of hydrogen-bond acceptors (Lipinski definition) is 3. The summed E-state index contributed by atoms with van der Waals surface area (Å²) in [6.45, 7) is 0. The highest BCUT2D eigenvalue weighted by Crippen LogP contribution is 2.28. The van der Waals surface area contributed by atoms with Gasteiger partial charge < -0.3 is 10.4 Å². The summed E-state index contributed by atoms with van der Waals surface area (Å²) >= 11 is 7.39. The van der Waals surface area contributed by atoms with Crippen LogP contribution in [0.25, 0.3) is 0 Å². The van der Waals surface area contributed by atoms with Gasteiger partial charge in [-0.2, -0.15) is 0 Å². The summed E-state index contributed by atoms with van der Waals surface area (Å²) in [6, 6.07) is 4.46. The normalized spacial score (nSPS) is 18.6. The molecule has 0 radical (unpaired) electrons. The third-order valence-electron chi connectivity index (χ3n) is 2.69. The molecule has 0 saturated carbocycles. The van der Waals surface area contributed by atoms with E-state index in [9.17, 15) is 9.59 Å². The fraction of sp³-hybridized carbons (Fsp3) is 0.333. The minimum Gasteiger partial charge on any atom is -0.478 e. The Hall–Kier alpha value is -1.20. The Balaban J connectivity index is 2.11. The molecule has 2 rings (SSSR count). The summed E-state index contributed by atoms with van der Waals surface area (Å²) in [5.41, 5.74) is 0.461. The van der Waals surface area contributed by atoms with Gasteiger partial charge in [-0.25, -0.2) is 4.79 Å². The van der Waals surface area contributed by atoms with Gasteiger partial charge in [-0.05, 0) is 36.8 Å². The molecule has 0 bridgehead atoms. The van der Waals surface area contributed by atoms with Crippen LogP contribution in [0.2, 0.25) is 5.02 Å². The average molecular weight is 286 g/mol. The fourth-order valence-electron chi connectivity index (χ4n) is 1.77. The lowest BCUT2D eigenvalue weighted by atomic mass is 10.2. The van der Waals surface area contributed by atoms with E-state index in [1.54, 1.807) is 17.8 Å². The molecule has 2 N–H and O–H groups in total. The van der Waals surface area contributed by atoms with E-state index in [4.69, 9.17) is 16.7 Å². The number of anilines is 1. The van der Waals surface area contributed by atoms with Gasteiger partial charge in [0.25, 0.3) is 0 Å². The van der Waals surface area contributed by atoms with E-state index in [-0.39, 0.29) is 21.7 Å². The lowest BCUT2D eigenvalue weighted by Gasteiger charge is -2.10. The zero-order valence-corrected chi connectivity index (χ0v) is 11.1. The number of hydrogen-bond donors (Lipinski definition) is 2. The number of carbonyl (C=O) groups is 2.